The van der Waals surface area contributed by atoms with Gasteiger partial charge in [-0.05, 0) is 85.3 Å². The second-order valence-corrected chi connectivity index (χ2v) is 15.2. The fraction of sp³-hybridized carbons (Fsp3) is 0.115. The molecule has 254 valence electrons. The summed E-state index contributed by atoms with van der Waals surface area (Å²) in [4.78, 5) is 0. The highest BCUT2D eigenvalue weighted by atomic mass is 16.3. The maximum absolute atomic E-state index is 6.42. The molecule has 1 nitrogen and oxygen atoms in total. The zero-order valence-electron chi connectivity index (χ0n) is 30.1. The first kappa shape index (κ1) is 31.5. The molecule has 8 aromatic carbocycles. The summed E-state index contributed by atoms with van der Waals surface area (Å²) >= 11 is 0. The number of furan rings is 1. The second-order valence-electron chi connectivity index (χ2n) is 15.2. The molecule has 1 aromatic heterocycles. The van der Waals surface area contributed by atoms with Crippen LogP contribution in [0.4, 0.5) is 0 Å². The molecule has 0 saturated heterocycles. The maximum Gasteiger partial charge on any atom is 0.143 e. The number of fused-ring (bicyclic) bond motifs is 7. The van der Waals surface area contributed by atoms with E-state index >= 15 is 0 Å². The highest BCUT2D eigenvalue weighted by Crippen LogP contribution is 2.52. The second kappa shape index (κ2) is 12.5. The lowest BCUT2D eigenvalue weighted by Crippen LogP contribution is -2.15. The Balaban J connectivity index is 1.02. The van der Waals surface area contributed by atoms with Crippen molar-refractivity contribution < 1.29 is 4.42 Å². The molecule has 0 fully saturated rings. The van der Waals surface area contributed by atoms with E-state index < -0.39 is 0 Å². The Morgan fingerprint density at radius 1 is 0.509 bits per heavy atom. The summed E-state index contributed by atoms with van der Waals surface area (Å²) in [6.07, 6.45) is 1.99. The van der Waals surface area contributed by atoms with E-state index in [0.29, 0.717) is 0 Å². The number of para-hydroxylation sites is 2. The normalized spacial score (nSPS) is 13.7. The van der Waals surface area contributed by atoms with E-state index in [1.165, 1.54) is 66.4 Å². The predicted molar refractivity (Wildman–Crippen MR) is 223 cm³/mol. The molecule has 10 rings (SSSR count). The summed E-state index contributed by atoms with van der Waals surface area (Å²) in [5.74, 6) is 0.236. The molecular formula is C52H40O. The lowest BCUT2D eigenvalue weighted by molar-refractivity contribution is 0.657. The molecule has 1 unspecified atom stereocenters. The molecule has 0 radical (unpaired) electrons. The zero-order valence-corrected chi connectivity index (χ0v) is 30.1. The van der Waals surface area contributed by atoms with Crippen molar-refractivity contribution in [3.8, 4) is 33.4 Å². The summed E-state index contributed by atoms with van der Waals surface area (Å²) in [6.45, 7) is 4.78. The van der Waals surface area contributed by atoms with E-state index in [1.807, 2.05) is 6.07 Å². The van der Waals surface area contributed by atoms with Gasteiger partial charge in [0.05, 0.1) is 0 Å². The fourth-order valence-electron chi connectivity index (χ4n) is 9.09. The van der Waals surface area contributed by atoms with E-state index in [4.69, 9.17) is 4.42 Å². The van der Waals surface area contributed by atoms with Crippen molar-refractivity contribution in [2.45, 2.75) is 38.0 Å². The van der Waals surface area contributed by atoms with Crippen LogP contribution < -0.4 is 0 Å². The van der Waals surface area contributed by atoms with Gasteiger partial charge in [-0.15, -0.1) is 0 Å². The van der Waals surface area contributed by atoms with Crippen LogP contribution in [0.3, 0.4) is 0 Å². The van der Waals surface area contributed by atoms with Crippen molar-refractivity contribution in [3.05, 3.63) is 204 Å². The highest BCUT2D eigenvalue weighted by molar-refractivity contribution is 6.09. The largest absolute Gasteiger partial charge is 0.455 e. The van der Waals surface area contributed by atoms with E-state index in [1.54, 1.807) is 0 Å². The van der Waals surface area contributed by atoms with Crippen LogP contribution in [0.5, 0.6) is 0 Å². The van der Waals surface area contributed by atoms with E-state index in [-0.39, 0.29) is 11.3 Å². The summed E-state index contributed by atoms with van der Waals surface area (Å²) in [7, 11) is 0. The maximum atomic E-state index is 6.42. The number of hydrogen-bond acceptors (Lipinski definition) is 1. The molecule has 0 aliphatic heterocycles. The minimum absolute atomic E-state index is 0.0704. The van der Waals surface area contributed by atoms with Crippen LogP contribution in [0.1, 0.15) is 54.0 Å². The quantitative estimate of drug-likeness (QED) is 0.163. The minimum atomic E-state index is -0.0704. The van der Waals surface area contributed by atoms with Gasteiger partial charge in [0, 0.05) is 27.7 Å². The van der Waals surface area contributed by atoms with Gasteiger partial charge in [-0.2, -0.15) is 0 Å². The van der Waals surface area contributed by atoms with Gasteiger partial charge in [-0.25, -0.2) is 0 Å². The number of hydrogen-bond donors (Lipinski definition) is 0. The first-order valence-corrected chi connectivity index (χ1v) is 18.9. The SMILES string of the molecule is CC1(C)c2cc(CCC(c3ccc(-c4cccc5c4oc4ccccc45)cc3)c3cccc4ccccc34)ccc2-c2c(-c3ccccc3)cccc21. The summed E-state index contributed by atoms with van der Waals surface area (Å²) in [6, 6.07) is 64.6. The Bertz CT molecular complexity index is 2790. The smallest absolute Gasteiger partial charge is 0.143 e. The standard InChI is InChI=1S/C52H40O/c1-52(2)47-23-12-19-41(36-13-4-3-5-14-36)50(47)46-32-26-34(33-48(46)52)25-31-40(43-21-10-16-35-15-6-7-17-39(35)43)37-27-29-38(30-28-37)42-20-11-22-45-44-18-8-9-24-49(44)53-51(42)45/h3-24,26-30,32-33,40H,25,31H2,1-2H3. The molecule has 1 aliphatic rings. The van der Waals surface area contributed by atoms with Crippen molar-refractivity contribution in [2.75, 3.05) is 0 Å². The zero-order chi connectivity index (χ0) is 35.5. The predicted octanol–water partition coefficient (Wildman–Crippen LogP) is 14.1. The Hall–Kier alpha value is -6.18. The summed E-state index contributed by atoms with van der Waals surface area (Å²) in [5, 5.41) is 4.93. The van der Waals surface area contributed by atoms with Gasteiger partial charge in [-0.3, -0.25) is 0 Å². The first-order chi connectivity index (χ1) is 26.0. The average molecular weight is 681 g/mol. The van der Waals surface area contributed by atoms with Crippen LogP contribution in [0, 0.1) is 0 Å². The van der Waals surface area contributed by atoms with Gasteiger partial charge in [0.1, 0.15) is 11.2 Å². The Kier molecular flexibility index (Phi) is 7.44. The third-order valence-corrected chi connectivity index (χ3v) is 11.8. The fourth-order valence-corrected chi connectivity index (χ4v) is 9.09. The van der Waals surface area contributed by atoms with Gasteiger partial charge in [0.2, 0.25) is 0 Å². The van der Waals surface area contributed by atoms with Crippen LogP contribution in [0.15, 0.2) is 180 Å². The molecule has 0 N–H and O–H groups in total. The molecule has 0 bridgehead atoms. The number of benzene rings is 8. The van der Waals surface area contributed by atoms with Crippen LogP contribution in [0.25, 0.3) is 66.1 Å². The molecule has 0 spiro atoms. The van der Waals surface area contributed by atoms with Gasteiger partial charge in [-0.1, -0.05) is 184 Å². The number of aryl methyl sites for hydroxylation is 1. The van der Waals surface area contributed by atoms with E-state index in [2.05, 4.69) is 184 Å². The molecule has 1 heteroatoms. The van der Waals surface area contributed by atoms with E-state index in [0.717, 1.165) is 40.3 Å². The molecule has 0 amide bonds. The third kappa shape index (κ3) is 5.22. The molecule has 9 aromatic rings. The van der Waals surface area contributed by atoms with Gasteiger partial charge >= 0.3 is 0 Å². The van der Waals surface area contributed by atoms with Gasteiger partial charge in [0.25, 0.3) is 0 Å². The Morgan fingerprint density at radius 2 is 1.19 bits per heavy atom. The topological polar surface area (TPSA) is 13.1 Å². The van der Waals surface area contributed by atoms with Gasteiger partial charge in [0.15, 0.2) is 0 Å². The van der Waals surface area contributed by atoms with Crippen molar-refractivity contribution in [1.29, 1.82) is 0 Å². The number of rotatable bonds is 7. The van der Waals surface area contributed by atoms with Crippen molar-refractivity contribution in [3.63, 3.8) is 0 Å². The summed E-state index contributed by atoms with van der Waals surface area (Å²) < 4.78 is 6.42. The Morgan fingerprint density at radius 3 is 2.06 bits per heavy atom. The van der Waals surface area contributed by atoms with E-state index in [9.17, 15) is 0 Å². The lowest BCUT2D eigenvalue weighted by Gasteiger charge is -2.23. The van der Waals surface area contributed by atoms with Crippen molar-refractivity contribution in [1.82, 2.24) is 0 Å². The minimum Gasteiger partial charge on any atom is -0.455 e. The summed E-state index contributed by atoms with van der Waals surface area (Å²) in [5.41, 5.74) is 16.4. The molecule has 53 heavy (non-hydrogen) atoms. The average Bonchev–Trinajstić information content (AvgIpc) is 3.70. The third-order valence-electron chi connectivity index (χ3n) is 11.8. The molecule has 1 heterocycles. The molecule has 1 atom stereocenters. The first-order valence-electron chi connectivity index (χ1n) is 18.9. The van der Waals surface area contributed by atoms with Crippen molar-refractivity contribution >= 4 is 32.7 Å². The highest BCUT2D eigenvalue weighted by Gasteiger charge is 2.37. The van der Waals surface area contributed by atoms with Crippen LogP contribution in [-0.2, 0) is 11.8 Å². The lowest BCUT2D eigenvalue weighted by atomic mass is 9.80. The van der Waals surface area contributed by atoms with Crippen molar-refractivity contribution in [2.24, 2.45) is 0 Å². The molecular weight excluding hydrogens is 641 g/mol. The molecule has 1 aliphatic carbocycles. The Labute approximate surface area is 311 Å². The van der Waals surface area contributed by atoms with Gasteiger partial charge < -0.3 is 4.42 Å². The van der Waals surface area contributed by atoms with Crippen LogP contribution in [0.2, 0.25) is 0 Å². The van der Waals surface area contributed by atoms with Crippen LogP contribution >= 0.6 is 0 Å². The monoisotopic (exact) mass is 680 g/mol. The van der Waals surface area contributed by atoms with Crippen LogP contribution in [-0.4, -0.2) is 0 Å². The molecule has 0 saturated carbocycles.